The predicted molar refractivity (Wildman–Crippen MR) is 101 cm³/mol. The summed E-state index contributed by atoms with van der Waals surface area (Å²) in [5.41, 5.74) is 1.11. The SMILES string of the molecule is CCN(CC(=O)Nc1ccc(NC(C)=O)cc1)C(=O)CN1C(=O)CN(C)C1=O. The molecule has 0 atom stereocenters. The topological polar surface area (TPSA) is 119 Å². The largest absolute Gasteiger partial charge is 0.332 e. The summed E-state index contributed by atoms with van der Waals surface area (Å²) in [6.45, 7) is 2.68. The van der Waals surface area contributed by atoms with Crippen molar-refractivity contribution in [2.75, 3.05) is 43.9 Å². The third-order valence-electron chi connectivity index (χ3n) is 4.08. The van der Waals surface area contributed by atoms with Gasteiger partial charge in [0, 0.05) is 31.9 Å². The Morgan fingerprint density at radius 2 is 1.64 bits per heavy atom. The van der Waals surface area contributed by atoms with Gasteiger partial charge < -0.3 is 20.4 Å². The molecule has 1 heterocycles. The minimum absolute atomic E-state index is 0.0623. The molecular formula is C18H23N5O5. The Balaban J connectivity index is 1.91. The summed E-state index contributed by atoms with van der Waals surface area (Å²) in [6.07, 6.45) is 0. The van der Waals surface area contributed by atoms with E-state index in [4.69, 9.17) is 0 Å². The lowest BCUT2D eigenvalue weighted by atomic mass is 10.2. The number of amides is 6. The molecule has 28 heavy (non-hydrogen) atoms. The van der Waals surface area contributed by atoms with Gasteiger partial charge in [0.15, 0.2) is 0 Å². The molecule has 1 aromatic rings. The minimum Gasteiger partial charge on any atom is -0.332 e. The second kappa shape index (κ2) is 8.98. The Labute approximate surface area is 162 Å². The van der Waals surface area contributed by atoms with E-state index in [-0.39, 0.29) is 25.5 Å². The molecule has 6 amide bonds. The number of carbonyl (C=O) groups is 5. The highest BCUT2D eigenvalue weighted by Gasteiger charge is 2.35. The average Bonchev–Trinajstić information content (AvgIpc) is 2.87. The molecule has 10 heteroatoms. The van der Waals surface area contributed by atoms with Gasteiger partial charge in [-0.3, -0.25) is 24.1 Å². The highest BCUT2D eigenvalue weighted by molar-refractivity contribution is 6.04. The summed E-state index contributed by atoms with van der Waals surface area (Å²) in [5.74, 6) is -1.55. The molecule has 0 unspecified atom stereocenters. The Kier molecular flexibility index (Phi) is 6.69. The van der Waals surface area contributed by atoms with Crippen molar-refractivity contribution in [3.05, 3.63) is 24.3 Å². The molecule has 2 rings (SSSR count). The number of benzene rings is 1. The lowest BCUT2D eigenvalue weighted by molar-refractivity contribution is -0.138. The number of likely N-dealkylation sites (N-methyl/N-ethyl adjacent to an activating group) is 2. The van der Waals surface area contributed by atoms with E-state index in [0.29, 0.717) is 11.4 Å². The monoisotopic (exact) mass is 389 g/mol. The summed E-state index contributed by atoms with van der Waals surface area (Å²) < 4.78 is 0. The number of anilines is 2. The third-order valence-corrected chi connectivity index (χ3v) is 4.08. The van der Waals surface area contributed by atoms with Crippen molar-refractivity contribution >= 4 is 41.0 Å². The number of nitrogens with zero attached hydrogens (tertiary/aromatic N) is 3. The Hall–Kier alpha value is -3.43. The zero-order chi connectivity index (χ0) is 20.8. The van der Waals surface area contributed by atoms with Gasteiger partial charge in [-0.15, -0.1) is 0 Å². The fourth-order valence-electron chi connectivity index (χ4n) is 2.65. The third kappa shape index (κ3) is 5.29. The minimum atomic E-state index is -0.530. The molecule has 0 bridgehead atoms. The molecule has 10 nitrogen and oxygen atoms in total. The van der Waals surface area contributed by atoms with Gasteiger partial charge in [-0.2, -0.15) is 0 Å². The van der Waals surface area contributed by atoms with Gasteiger partial charge >= 0.3 is 6.03 Å². The van der Waals surface area contributed by atoms with Crippen molar-refractivity contribution in [1.29, 1.82) is 0 Å². The van der Waals surface area contributed by atoms with Gasteiger partial charge in [0.25, 0.3) is 5.91 Å². The molecule has 1 fully saturated rings. The van der Waals surface area contributed by atoms with Crippen LogP contribution in [0.5, 0.6) is 0 Å². The molecule has 0 aromatic heterocycles. The fraction of sp³-hybridized carbons (Fsp3) is 0.389. The van der Waals surface area contributed by atoms with Crippen molar-refractivity contribution in [2.45, 2.75) is 13.8 Å². The molecule has 0 aliphatic carbocycles. The van der Waals surface area contributed by atoms with Gasteiger partial charge in [0.05, 0.1) is 6.54 Å². The number of hydrogen-bond acceptors (Lipinski definition) is 5. The molecule has 0 radical (unpaired) electrons. The van der Waals surface area contributed by atoms with Gasteiger partial charge in [-0.05, 0) is 31.2 Å². The molecule has 0 saturated carbocycles. The van der Waals surface area contributed by atoms with Crippen LogP contribution in [-0.2, 0) is 19.2 Å². The zero-order valence-electron chi connectivity index (χ0n) is 16.0. The summed E-state index contributed by atoms with van der Waals surface area (Å²) in [4.78, 5) is 62.7. The molecule has 2 N–H and O–H groups in total. The summed E-state index contributed by atoms with van der Waals surface area (Å²) in [5, 5.41) is 5.28. The Morgan fingerprint density at radius 1 is 1.07 bits per heavy atom. The second-order valence-corrected chi connectivity index (χ2v) is 6.33. The number of carbonyl (C=O) groups excluding carboxylic acids is 5. The van der Waals surface area contributed by atoms with E-state index in [2.05, 4.69) is 10.6 Å². The molecule has 150 valence electrons. The molecule has 1 aliphatic heterocycles. The lowest BCUT2D eigenvalue weighted by Gasteiger charge is -2.23. The molecule has 0 spiro atoms. The maximum Gasteiger partial charge on any atom is 0.327 e. The van der Waals surface area contributed by atoms with Crippen LogP contribution in [0.3, 0.4) is 0 Å². The highest BCUT2D eigenvalue weighted by Crippen LogP contribution is 2.14. The van der Waals surface area contributed by atoms with Crippen molar-refractivity contribution in [1.82, 2.24) is 14.7 Å². The quantitative estimate of drug-likeness (QED) is 0.651. The van der Waals surface area contributed by atoms with Crippen LogP contribution >= 0.6 is 0 Å². The predicted octanol–water partition coefficient (Wildman–Crippen LogP) is 0.326. The molecule has 1 aromatic carbocycles. The lowest BCUT2D eigenvalue weighted by Crippen LogP contribution is -2.45. The number of urea groups is 1. The van der Waals surface area contributed by atoms with E-state index in [1.807, 2.05) is 0 Å². The standard InChI is InChI=1S/C18H23N5O5/c1-4-22(16(26)11-23-17(27)10-21(3)18(23)28)9-15(25)20-14-7-5-13(6-8-14)19-12(2)24/h5-8H,4,9-11H2,1-3H3,(H,19,24)(H,20,25). The van der Waals surface area contributed by atoms with Gasteiger partial charge in [0.2, 0.25) is 17.7 Å². The Morgan fingerprint density at radius 3 is 2.11 bits per heavy atom. The average molecular weight is 389 g/mol. The number of nitrogens with one attached hydrogen (secondary N) is 2. The van der Waals surface area contributed by atoms with Crippen molar-refractivity contribution in [3.63, 3.8) is 0 Å². The maximum absolute atomic E-state index is 12.4. The van der Waals surface area contributed by atoms with Crippen LogP contribution in [-0.4, -0.2) is 77.6 Å². The first-order chi connectivity index (χ1) is 13.2. The van der Waals surface area contributed by atoms with E-state index in [1.165, 1.54) is 23.8 Å². The van der Waals surface area contributed by atoms with Crippen LogP contribution < -0.4 is 10.6 Å². The summed E-state index contributed by atoms with van der Waals surface area (Å²) in [7, 11) is 1.48. The number of hydrogen-bond donors (Lipinski definition) is 2. The van der Waals surface area contributed by atoms with Crippen molar-refractivity contribution in [3.8, 4) is 0 Å². The van der Waals surface area contributed by atoms with Crippen LogP contribution in [0.25, 0.3) is 0 Å². The van der Waals surface area contributed by atoms with E-state index in [9.17, 15) is 24.0 Å². The normalized spacial score (nSPS) is 13.5. The molecule has 1 aliphatic rings. The first kappa shape index (κ1) is 20.9. The van der Waals surface area contributed by atoms with Crippen LogP contribution in [0.4, 0.5) is 16.2 Å². The zero-order valence-corrected chi connectivity index (χ0v) is 16.0. The van der Waals surface area contributed by atoms with Gasteiger partial charge in [0.1, 0.15) is 13.1 Å². The number of imide groups is 1. The number of rotatable bonds is 7. The van der Waals surface area contributed by atoms with Crippen LogP contribution in [0, 0.1) is 0 Å². The van der Waals surface area contributed by atoms with E-state index < -0.39 is 30.3 Å². The van der Waals surface area contributed by atoms with E-state index >= 15 is 0 Å². The first-order valence-corrected chi connectivity index (χ1v) is 8.72. The van der Waals surface area contributed by atoms with E-state index in [1.54, 1.807) is 31.2 Å². The fourth-order valence-corrected chi connectivity index (χ4v) is 2.65. The van der Waals surface area contributed by atoms with Crippen molar-refractivity contribution in [2.24, 2.45) is 0 Å². The van der Waals surface area contributed by atoms with Gasteiger partial charge in [-0.1, -0.05) is 0 Å². The maximum atomic E-state index is 12.4. The van der Waals surface area contributed by atoms with Gasteiger partial charge in [-0.25, -0.2) is 4.79 Å². The van der Waals surface area contributed by atoms with E-state index in [0.717, 1.165) is 4.90 Å². The van der Waals surface area contributed by atoms with Crippen LogP contribution in [0.15, 0.2) is 24.3 Å². The second-order valence-electron chi connectivity index (χ2n) is 6.33. The summed E-state index contributed by atoms with van der Waals surface area (Å²) in [6, 6.07) is 6.00. The van der Waals surface area contributed by atoms with Crippen LogP contribution in [0.1, 0.15) is 13.8 Å². The smallest absolute Gasteiger partial charge is 0.327 e. The first-order valence-electron chi connectivity index (χ1n) is 8.72. The molecule has 1 saturated heterocycles. The Bertz CT molecular complexity index is 792. The molecular weight excluding hydrogens is 366 g/mol. The highest BCUT2D eigenvalue weighted by atomic mass is 16.2. The van der Waals surface area contributed by atoms with Crippen LogP contribution in [0.2, 0.25) is 0 Å². The van der Waals surface area contributed by atoms with Crippen molar-refractivity contribution < 1.29 is 24.0 Å². The summed E-state index contributed by atoms with van der Waals surface area (Å²) >= 11 is 0.